The highest BCUT2D eigenvalue weighted by molar-refractivity contribution is 5.79. The van der Waals surface area contributed by atoms with E-state index in [0.29, 0.717) is 37.0 Å². The van der Waals surface area contributed by atoms with Gasteiger partial charge in [-0.25, -0.2) is 9.98 Å². The van der Waals surface area contributed by atoms with Crippen LogP contribution in [0.3, 0.4) is 0 Å². The molecule has 1 aromatic carbocycles. The zero-order valence-electron chi connectivity index (χ0n) is 15.6. The van der Waals surface area contributed by atoms with E-state index in [1.807, 2.05) is 26.0 Å². The molecule has 0 aliphatic heterocycles. The van der Waals surface area contributed by atoms with Crippen molar-refractivity contribution in [2.75, 3.05) is 13.7 Å². The lowest BCUT2D eigenvalue weighted by Crippen LogP contribution is -2.36. The summed E-state index contributed by atoms with van der Waals surface area (Å²) in [5.41, 5.74) is 2.51. The fourth-order valence-corrected chi connectivity index (χ4v) is 2.37. The second-order valence-electron chi connectivity index (χ2n) is 5.75. The number of halogens is 2. The molecule has 0 bridgehead atoms. The van der Waals surface area contributed by atoms with Crippen LogP contribution < -0.4 is 20.1 Å². The third-order valence-electron chi connectivity index (χ3n) is 3.65. The number of hydrogen-bond donors (Lipinski definition) is 2. The van der Waals surface area contributed by atoms with Crippen LogP contribution in [0.2, 0.25) is 0 Å². The molecule has 8 heteroatoms. The summed E-state index contributed by atoms with van der Waals surface area (Å²) in [6, 6.07) is 8.74. The number of hydrogen-bond acceptors (Lipinski definition) is 4. The highest BCUT2D eigenvalue weighted by atomic mass is 19.3. The first-order valence-corrected chi connectivity index (χ1v) is 8.57. The molecule has 0 radical (unpaired) electrons. The van der Waals surface area contributed by atoms with E-state index in [2.05, 4.69) is 25.3 Å². The summed E-state index contributed by atoms with van der Waals surface area (Å²) in [5.74, 6) is 1.26. The van der Waals surface area contributed by atoms with Gasteiger partial charge in [-0.3, -0.25) is 0 Å². The Morgan fingerprint density at radius 3 is 2.67 bits per heavy atom. The maximum atomic E-state index is 12.6. The van der Waals surface area contributed by atoms with Crippen molar-refractivity contribution in [2.45, 2.75) is 33.5 Å². The molecule has 2 N–H and O–H groups in total. The molecule has 0 amide bonds. The van der Waals surface area contributed by atoms with Gasteiger partial charge in [-0.2, -0.15) is 8.78 Å². The summed E-state index contributed by atoms with van der Waals surface area (Å²) in [7, 11) is 1.56. The number of alkyl halides is 2. The summed E-state index contributed by atoms with van der Waals surface area (Å²) in [5, 5.41) is 6.26. The topological polar surface area (TPSA) is 67.8 Å². The minimum absolute atomic E-state index is 0.151. The quantitative estimate of drug-likeness (QED) is 0.545. The van der Waals surface area contributed by atoms with E-state index < -0.39 is 6.61 Å². The van der Waals surface area contributed by atoms with Crippen molar-refractivity contribution in [3.8, 4) is 11.6 Å². The van der Waals surface area contributed by atoms with Gasteiger partial charge in [0.2, 0.25) is 5.88 Å². The number of nitrogens with one attached hydrogen (secondary N) is 2. The van der Waals surface area contributed by atoms with Crippen LogP contribution in [0.25, 0.3) is 0 Å². The van der Waals surface area contributed by atoms with Crippen LogP contribution in [0.1, 0.15) is 23.6 Å². The van der Waals surface area contributed by atoms with Gasteiger partial charge in [-0.15, -0.1) is 0 Å². The second kappa shape index (κ2) is 10.3. The van der Waals surface area contributed by atoms with E-state index in [9.17, 15) is 8.78 Å². The molecule has 1 aromatic heterocycles. The van der Waals surface area contributed by atoms with Gasteiger partial charge >= 0.3 is 6.61 Å². The van der Waals surface area contributed by atoms with Crippen LogP contribution in [0, 0.1) is 6.92 Å². The fourth-order valence-electron chi connectivity index (χ4n) is 2.37. The second-order valence-corrected chi connectivity index (χ2v) is 5.75. The third kappa shape index (κ3) is 6.73. The minimum Gasteiger partial charge on any atom is -0.481 e. The van der Waals surface area contributed by atoms with E-state index in [0.717, 1.165) is 11.1 Å². The van der Waals surface area contributed by atoms with E-state index in [4.69, 9.17) is 4.74 Å². The van der Waals surface area contributed by atoms with E-state index in [1.165, 1.54) is 0 Å². The summed E-state index contributed by atoms with van der Waals surface area (Å²) in [4.78, 5) is 8.64. The number of pyridine rings is 1. The average molecular weight is 378 g/mol. The van der Waals surface area contributed by atoms with Gasteiger partial charge < -0.3 is 20.1 Å². The summed E-state index contributed by atoms with van der Waals surface area (Å²) < 4.78 is 34.8. The molecular formula is C19H24F2N4O2. The lowest BCUT2D eigenvalue weighted by atomic mass is 10.1. The largest absolute Gasteiger partial charge is 0.481 e. The van der Waals surface area contributed by atoms with Gasteiger partial charge in [-0.1, -0.05) is 23.8 Å². The zero-order valence-corrected chi connectivity index (χ0v) is 15.6. The van der Waals surface area contributed by atoms with Crippen LogP contribution in [0.15, 0.2) is 41.5 Å². The number of aliphatic imine (C=N–C) groups is 1. The molecule has 27 heavy (non-hydrogen) atoms. The third-order valence-corrected chi connectivity index (χ3v) is 3.65. The lowest BCUT2D eigenvalue weighted by Gasteiger charge is -2.15. The molecule has 0 fully saturated rings. The lowest BCUT2D eigenvalue weighted by molar-refractivity contribution is -0.0504. The van der Waals surface area contributed by atoms with Crippen LogP contribution in [-0.4, -0.2) is 31.2 Å². The Morgan fingerprint density at radius 2 is 2.04 bits per heavy atom. The summed E-state index contributed by atoms with van der Waals surface area (Å²) >= 11 is 0. The predicted octanol–water partition coefficient (Wildman–Crippen LogP) is 3.26. The molecule has 6 nitrogen and oxygen atoms in total. The van der Waals surface area contributed by atoms with E-state index >= 15 is 0 Å². The molecule has 0 saturated heterocycles. The van der Waals surface area contributed by atoms with Crippen molar-refractivity contribution in [1.29, 1.82) is 0 Å². The number of nitrogens with zero attached hydrogens (tertiary/aromatic N) is 2. The summed E-state index contributed by atoms with van der Waals surface area (Å²) in [6.07, 6.45) is 1.70. The Hall–Kier alpha value is -2.90. The molecule has 2 rings (SSSR count). The van der Waals surface area contributed by atoms with Gasteiger partial charge in [0.15, 0.2) is 5.96 Å². The van der Waals surface area contributed by atoms with E-state index in [1.54, 1.807) is 31.5 Å². The molecule has 2 aromatic rings. The Labute approximate surface area is 157 Å². The first-order valence-electron chi connectivity index (χ1n) is 8.57. The van der Waals surface area contributed by atoms with Crippen LogP contribution in [0.5, 0.6) is 11.6 Å². The molecule has 0 atom stereocenters. The molecule has 1 heterocycles. The molecule has 0 aliphatic carbocycles. The van der Waals surface area contributed by atoms with Crippen molar-refractivity contribution in [1.82, 2.24) is 15.6 Å². The molecule has 0 saturated carbocycles. The Kier molecular flexibility index (Phi) is 7.79. The van der Waals surface area contributed by atoms with Crippen LogP contribution >= 0.6 is 0 Å². The standard InChI is InChI=1S/C19H24F2N4O2/c1-4-22-19(24-11-14-6-8-17(26-3)23-10-14)25-12-15-9-13(2)5-7-16(15)27-18(20)21/h5-10,18H,4,11-12H2,1-3H3,(H2,22,24,25). The van der Waals surface area contributed by atoms with Crippen molar-refractivity contribution in [2.24, 2.45) is 4.99 Å². The fraction of sp³-hybridized carbons (Fsp3) is 0.368. The number of aryl methyl sites for hydroxylation is 1. The van der Waals surface area contributed by atoms with Crippen molar-refractivity contribution in [3.63, 3.8) is 0 Å². The van der Waals surface area contributed by atoms with Gasteiger partial charge in [0.1, 0.15) is 5.75 Å². The maximum Gasteiger partial charge on any atom is 0.387 e. The van der Waals surface area contributed by atoms with Gasteiger partial charge in [0.05, 0.1) is 13.7 Å². The molecular weight excluding hydrogens is 354 g/mol. The first-order chi connectivity index (χ1) is 13.0. The van der Waals surface area contributed by atoms with Gasteiger partial charge in [0.25, 0.3) is 0 Å². The predicted molar refractivity (Wildman–Crippen MR) is 100 cm³/mol. The normalized spacial score (nSPS) is 11.4. The Balaban J connectivity index is 2.06. The highest BCUT2D eigenvalue weighted by Crippen LogP contribution is 2.22. The number of rotatable bonds is 8. The van der Waals surface area contributed by atoms with Gasteiger partial charge in [0, 0.05) is 30.9 Å². The average Bonchev–Trinajstić information content (AvgIpc) is 2.66. The number of ether oxygens (including phenoxy) is 2. The number of benzene rings is 1. The first kappa shape index (κ1) is 20.4. The Morgan fingerprint density at radius 1 is 1.22 bits per heavy atom. The van der Waals surface area contributed by atoms with Crippen molar-refractivity contribution < 1.29 is 18.3 Å². The molecule has 0 aliphatic rings. The number of guanidine groups is 1. The van der Waals surface area contributed by atoms with Crippen molar-refractivity contribution in [3.05, 3.63) is 53.2 Å². The molecule has 146 valence electrons. The van der Waals surface area contributed by atoms with Crippen molar-refractivity contribution >= 4 is 5.96 Å². The maximum absolute atomic E-state index is 12.6. The van der Waals surface area contributed by atoms with Crippen LogP contribution in [0.4, 0.5) is 8.78 Å². The minimum atomic E-state index is -2.86. The Bertz CT molecular complexity index is 752. The smallest absolute Gasteiger partial charge is 0.387 e. The zero-order chi connectivity index (χ0) is 19.6. The van der Waals surface area contributed by atoms with E-state index in [-0.39, 0.29) is 5.75 Å². The number of aromatic nitrogens is 1. The van der Waals surface area contributed by atoms with Gasteiger partial charge in [-0.05, 0) is 25.5 Å². The summed E-state index contributed by atoms with van der Waals surface area (Å²) in [6.45, 7) is 2.36. The SMILES string of the molecule is CCNC(=NCc1ccc(OC)nc1)NCc1cc(C)ccc1OC(F)F. The highest BCUT2D eigenvalue weighted by Gasteiger charge is 2.10. The molecule has 0 spiro atoms. The monoisotopic (exact) mass is 378 g/mol. The molecule has 0 unspecified atom stereocenters. The number of methoxy groups -OCH3 is 1. The van der Waals surface area contributed by atoms with Crippen LogP contribution in [-0.2, 0) is 13.1 Å².